The summed E-state index contributed by atoms with van der Waals surface area (Å²) in [6, 6.07) is 13.5. The lowest BCUT2D eigenvalue weighted by atomic mass is 10.1. The van der Waals surface area contributed by atoms with E-state index in [2.05, 4.69) is 51.5 Å². The highest BCUT2D eigenvalue weighted by Crippen LogP contribution is 2.31. The molecule has 0 saturated heterocycles. The summed E-state index contributed by atoms with van der Waals surface area (Å²) in [5.74, 6) is -0.116. The first-order chi connectivity index (χ1) is 13.5. The van der Waals surface area contributed by atoms with E-state index in [9.17, 15) is 9.59 Å². The van der Waals surface area contributed by atoms with Crippen molar-refractivity contribution in [3.8, 4) is 11.3 Å². The van der Waals surface area contributed by atoms with Gasteiger partial charge in [0.15, 0.2) is 4.34 Å². The van der Waals surface area contributed by atoms with Crippen molar-refractivity contribution in [1.82, 2.24) is 15.0 Å². The van der Waals surface area contributed by atoms with Crippen molar-refractivity contribution >= 4 is 45.7 Å². The number of benzene rings is 2. The summed E-state index contributed by atoms with van der Waals surface area (Å²) in [6.45, 7) is 3.90. The zero-order valence-corrected chi connectivity index (χ0v) is 16.9. The lowest BCUT2D eigenvalue weighted by molar-refractivity contribution is -0.115. The Morgan fingerprint density at radius 1 is 1.14 bits per heavy atom. The summed E-state index contributed by atoms with van der Waals surface area (Å²) >= 11 is 2.96. The third kappa shape index (κ3) is 4.02. The largest absolute Gasteiger partial charge is 0.325 e. The van der Waals surface area contributed by atoms with Crippen LogP contribution in [-0.4, -0.2) is 26.1 Å². The van der Waals surface area contributed by atoms with Gasteiger partial charge in [-0.3, -0.25) is 4.79 Å². The number of hydrogen-bond donors (Lipinski definition) is 3. The minimum absolute atomic E-state index is 0.116. The van der Waals surface area contributed by atoms with Crippen molar-refractivity contribution < 1.29 is 4.79 Å². The third-order valence-corrected chi connectivity index (χ3v) is 6.33. The van der Waals surface area contributed by atoms with Crippen LogP contribution in [0.1, 0.15) is 12.5 Å². The maximum absolute atomic E-state index is 12.5. The quantitative estimate of drug-likeness (QED) is 0.425. The molecule has 28 heavy (non-hydrogen) atoms. The van der Waals surface area contributed by atoms with E-state index in [1.807, 2.05) is 12.3 Å². The molecule has 4 aromatic rings. The lowest BCUT2D eigenvalue weighted by Gasteiger charge is -2.10. The Balaban J connectivity index is 1.42. The molecule has 2 aromatic heterocycles. The molecule has 0 aliphatic carbocycles. The number of nitrogens with zero attached hydrogens (tertiary/aromatic N) is 1. The maximum atomic E-state index is 12.5. The van der Waals surface area contributed by atoms with Gasteiger partial charge in [-0.2, -0.15) is 0 Å². The number of aryl methyl sites for hydroxylation is 1. The minimum Gasteiger partial charge on any atom is -0.325 e. The molecule has 0 aliphatic rings. The summed E-state index contributed by atoms with van der Waals surface area (Å²) in [7, 11) is 0. The number of hydrogen-bond acceptors (Lipinski definition) is 5. The van der Waals surface area contributed by atoms with Crippen LogP contribution in [-0.2, 0) is 4.79 Å². The molecule has 2 aromatic carbocycles. The van der Waals surface area contributed by atoms with Crippen LogP contribution in [0.5, 0.6) is 0 Å². The summed E-state index contributed by atoms with van der Waals surface area (Å²) in [4.78, 5) is 33.9. The number of aromatic nitrogens is 3. The number of H-pyrrole nitrogens is 2. The number of anilines is 1. The molecule has 6 nitrogen and oxygen atoms in total. The van der Waals surface area contributed by atoms with Gasteiger partial charge in [-0.25, -0.2) is 9.78 Å². The molecule has 0 radical (unpaired) electrons. The highest BCUT2D eigenvalue weighted by molar-refractivity contribution is 8.02. The van der Waals surface area contributed by atoms with Crippen molar-refractivity contribution in [2.24, 2.45) is 0 Å². The fraction of sp³-hybridized carbons (Fsp3) is 0.150. The molecular weight excluding hydrogens is 392 g/mol. The fourth-order valence-corrected chi connectivity index (χ4v) is 4.70. The zero-order chi connectivity index (χ0) is 19.7. The van der Waals surface area contributed by atoms with Crippen molar-refractivity contribution in [3.63, 3.8) is 0 Å². The van der Waals surface area contributed by atoms with Crippen molar-refractivity contribution in [2.75, 3.05) is 5.32 Å². The van der Waals surface area contributed by atoms with Crippen molar-refractivity contribution in [1.29, 1.82) is 0 Å². The average molecular weight is 411 g/mol. The molecule has 1 atom stereocenters. The Bertz CT molecular complexity index is 1190. The predicted molar refractivity (Wildman–Crippen MR) is 115 cm³/mol. The van der Waals surface area contributed by atoms with Gasteiger partial charge in [0.1, 0.15) is 0 Å². The summed E-state index contributed by atoms with van der Waals surface area (Å²) in [6.07, 6.45) is 0. The molecule has 3 N–H and O–H groups in total. The van der Waals surface area contributed by atoms with Gasteiger partial charge < -0.3 is 15.3 Å². The topological polar surface area (TPSA) is 90.6 Å². The van der Waals surface area contributed by atoms with E-state index < -0.39 is 0 Å². The van der Waals surface area contributed by atoms with Gasteiger partial charge in [-0.05, 0) is 32.0 Å². The zero-order valence-electron chi connectivity index (χ0n) is 15.3. The number of aromatic amines is 2. The number of fused-ring (bicyclic) bond motifs is 1. The van der Waals surface area contributed by atoms with Gasteiger partial charge in [0.25, 0.3) is 0 Å². The Hall–Kier alpha value is -2.84. The molecule has 0 saturated carbocycles. The summed E-state index contributed by atoms with van der Waals surface area (Å²) < 4.78 is 0.851. The van der Waals surface area contributed by atoms with Crippen LogP contribution in [0, 0.1) is 6.92 Å². The highest BCUT2D eigenvalue weighted by atomic mass is 32.2. The molecule has 142 valence electrons. The molecule has 1 amide bonds. The summed E-state index contributed by atoms with van der Waals surface area (Å²) in [5, 5.41) is 4.59. The van der Waals surface area contributed by atoms with Crippen molar-refractivity contribution in [3.05, 3.63) is 63.9 Å². The van der Waals surface area contributed by atoms with E-state index >= 15 is 0 Å². The van der Waals surface area contributed by atoms with Gasteiger partial charge in [-0.15, -0.1) is 11.3 Å². The van der Waals surface area contributed by atoms with Gasteiger partial charge in [0, 0.05) is 16.6 Å². The van der Waals surface area contributed by atoms with E-state index in [0.717, 1.165) is 15.6 Å². The van der Waals surface area contributed by atoms with Crippen LogP contribution in [0.4, 0.5) is 5.69 Å². The SMILES string of the molecule is Cc1ccc(-c2csc(S[C@@H](C)C(=O)Nc3ccc4[nH]c(=O)[nH]c4c3)n2)cc1. The normalized spacial score (nSPS) is 12.2. The molecule has 0 unspecified atom stereocenters. The second-order valence-corrected chi connectivity index (χ2v) is 8.90. The van der Waals surface area contributed by atoms with E-state index in [4.69, 9.17) is 0 Å². The second kappa shape index (κ2) is 7.65. The Labute approximate surface area is 169 Å². The number of rotatable bonds is 5. The molecule has 0 aliphatic heterocycles. The molecule has 0 spiro atoms. The number of thiazole rings is 1. The predicted octanol–water partition coefficient (Wildman–Crippen LogP) is 4.41. The number of carbonyl (C=O) groups is 1. The smallest absolute Gasteiger partial charge is 0.323 e. The van der Waals surface area contributed by atoms with E-state index in [1.54, 1.807) is 18.2 Å². The standard InChI is InChI=1S/C20H18N4O2S2/c1-11-3-5-13(6-4-11)17-10-27-20(24-17)28-12(2)18(25)21-14-7-8-15-16(9-14)23-19(26)22-15/h3-10,12H,1-2H3,(H,21,25)(H2,22,23,26)/t12-/m0/s1. The van der Waals surface area contributed by atoms with Crippen LogP contribution in [0.15, 0.2) is 57.0 Å². The number of carbonyl (C=O) groups excluding carboxylic acids is 1. The van der Waals surface area contributed by atoms with E-state index in [0.29, 0.717) is 16.7 Å². The molecule has 0 fully saturated rings. The maximum Gasteiger partial charge on any atom is 0.323 e. The van der Waals surface area contributed by atoms with Gasteiger partial charge in [0.2, 0.25) is 5.91 Å². The Morgan fingerprint density at radius 2 is 1.89 bits per heavy atom. The Morgan fingerprint density at radius 3 is 2.68 bits per heavy atom. The highest BCUT2D eigenvalue weighted by Gasteiger charge is 2.17. The van der Waals surface area contributed by atoms with Crippen LogP contribution >= 0.6 is 23.1 Å². The van der Waals surface area contributed by atoms with Crippen LogP contribution in [0.3, 0.4) is 0 Å². The van der Waals surface area contributed by atoms with Gasteiger partial charge in [0.05, 0.1) is 22.0 Å². The third-order valence-electron chi connectivity index (χ3n) is 4.26. The fourth-order valence-electron chi connectivity index (χ4n) is 2.73. The number of nitrogens with one attached hydrogen (secondary N) is 3. The molecule has 0 bridgehead atoms. The second-order valence-electron chi connectivity index (χ2n) is 6.45. The molecule has 4 rings (SSSR count). The lowest BCUT2D eigenvalue weighted by Crippen LogP contribution is -2.22. The van der Waals surface area contributed by atoms with Crippen LogP contribution < -0.4 is 11.0 Å². The van der Waals surface area contributed by atoms with Gasteiger partial charge in [-0.1, -0.05) is 41.6 Å². The van der Waals surface area contributed by atoms with Gasteiger partial charge >= 0.3 is 5.69 Å². The number of amides is 1. The molecular formula is C20H18N4O2S2. The number of thioether (sulfide) groups is 1. The minimum atomic E-state index is -0.307. The number of imidazole rings is 1. The average Bonchev–Trinajstić information content (AvgIpc) is 3.27. The van der Waals surface area contributed by atoms with Crippen molar-refractivity contribution in [2.45, 2.75) is 23.4 Å². The van der Waals surface area contributed by atoms with E-state index in [-0.39, 0.29) is 16.8 Å². The molecule has 8 heteroatoms. The first-order valence-corrected chi connectivity index (χ1v) is 10.5. The summed E-state index contributed by atoms with van der Waals surface area (Å²) in [5.41, 5.74) is 4.93. The monoisotopic (exact) mass is 410 g/mol. The first kappa shape index (κ1) is 18.5. The molecule has 2 heterocycles. The van der Waals surface area contributed by atoms with Crippen LogP contribution in [0.25, 0.3) is 22.3 Å². The van der Waals surface area contributed by atoms with Crippen LogP contribution in [0.2, 0.25) is 0 Å². The Kier molecular flexibility index (Phi) is 5.06. The van der Waals surface area contributed by atoms with E-state index in [1.165, 1.54) is 28.7 Å². The first-order valence-electron chi connectivity index (χ1n) is 8.70.